The molecule has 1 aromatic rings. The van der Waals surface area contributed by atoms with Gasteiger partial charge in [0.25, 0.3) is 0 Å². The van der Waals surface area contributed by atoms with Crippen molar-refractivity contribution in [1.29, 1.82) is 0 Å². The SMILES string of the molecule is Cn1ncc2c1CCC1(CC1)C2N. The number of hydrogen-bond acceptors (Lipinski definition) is 2. The van der Waals surface area contributed by atoms with Crippen molar-refractivity contribution < 1.29 is 0 Å². The van der Waals surface area contributed by atoms with Crippen LogP contribution in [0, 0.1) is 5.41 Å². The second-order valence-corrected chi connectivity index (χ2v) is 4.51. The Morgan fingerprint density at radius 1 is 1.54 bits per heavy atom. The first-order valence-corrected chi connectivity index (χ1v) is 4.99. The van der Waals surface area contributed by atoms with Gasteiger partial charge in [-0.25, -0.2) is 0 Å². The van der Waals surface area contributed by atoms with Crippen LogP contribution in [0.15, 0.2) is 6.20 Å². The quantitative estimate of drug-likeness (QED) is 0.646. The molecule has 0 amide bonds. The Bertz CT molecular complexity index is 349. The summed E-state index contributed by atoms with van der Waals surface area (Å²) in [5, 5.41) is 4.28. The molecule has 0 bridgehead atoms. The minimum absolute atomic E-state index is 0.255. The third-order valence-electron chi connectivity index (χ3n) is 3.84. The van der Waals surface area contributed by atoms with Crippen molar-refractivity contribution in [2.45, 2.75) is 31.7 Å². The van der Waals surface area contributed by atoms with Crippen LogP contribution in [0.1, 0.15) is 36.6 Å². The summed E-state index contributed by atoms with van der Waals surface area (Å²) in [6, 6.07) is 0.255. The largest absolute Gasteiger partial charge is 0.323 e. The van der Waals surface area contributed by atoms with E-state index in [9.17, 15) is 0 Å². The van der Waals surface area contributed by atoms with Crippen LogP contribution in [0.5, 0.6) is 0 Å². The molecule has 3 nitrogen and oxygen atoms in total. The predicted octanol–water partition coefficient (Wildman–Crippen LogP) is 1.15. The third kappa shape index (κ3) is 0.854. The van der Waals surface area contributed by atoms with Crippen molar-refractivity contribution >= 4 is 0 Å². The molecule has 0 aromatic carbocycles. The monoisotopic (exact) mass is 177 g/mol. The molecule has 1 unspecified atom stereocenters. The normalized spacial score (nSPS) is 28.9. The van der Waals surface area contributed by atoms with E-state index in [2.05, 4.69) is 5.10 Å². The van der Waals surface area contributed by atoms with E-state index in [1.54, 1.807) is 0 Å². The van der Waals surface area contributed by atoms with Gasteiger partial charge in [-0.1, -0.05) is 0 Å². The van der Waals surface area contributed by atoms with Crippen LogP contribution in [0.3, 0.4) is 0 Å². The molecule has 1 fully saturated rings. The number of nitrogens with zero attached hydrogens (tertiary/aromatic N) is 2. The Kier molecular flexibility index (Phi) is 1.25. The minimum atomic E-state index is 0.255. The van der Waals surface area contributed by atoms with Gasteiger partial charge < -0.3 is 5.73 Å². The second kappa shape index (κ2) is 2.15. The molecule has 0 radical (unpaired) electrons. The first-order valence-electron chi connectivity index (χ1n) is 4.99. The molecule has 1 spiro atoms. The molecule has 2 N–H and O–H groups in total. The van der Waals surface area contributed by atoms with Gasteiger partial charge in [-0.15, -0.1) is 0 Å². The number of nitrogens with two attached hydrogens (primary N) is 1. The lowest BCUT2D eigenvalue weighted by Crippen LogP contribution is -2.28. The molecular formula is C10H15N3. The molecule has 1 atom stereocenters. The summed E-state index contributed by atoms with van der Waals surface area (Å²) < 4.78 is 1.98. The Labute approximate surface area is 77.9 Å². The first kappa shape index (κ1) is 7.56. The van der Waals surface area contributed by atoms with E-state index in [4.69, 9.17) is 5.73 Å². The number of hydrogen-bond donors (Lipinski definition) is 1. The van der Waals surface area contributed by atoms with Gasteiger partial charge in [0.2, 0.25) is 0 Å². The average Bonchev–Trinajstić information content (AvgIpc) is 2.80. The third-order valence-corrected chi connectivity index (χ3v) is 3.84. The highest BCUT2D eigenvalue weighted by Crippen LogP contribution is 2.59. The van der Waals surface area contributed by atoms with E-state index in [1.165, 1.54) is 36.9 Å². The van der Waals surface area contributed by atoms with Gasteiger partial charge in [-0.3, -0.25) is 4.68 Å². The summed E-state index contributed by atoms with van der Waals surface area (Å²) in [6.45, 7) is 0. The van der Waals surface area contributed by atoms with Gasteiger partial charge in [0.05, 0.1) is 6.20 Å². The van der Waals surface area contributed by atoms with Crippen LogP contribution in [-0.2, 0) is 13.5 Å². The van der Waals surface area contributed by atoms with E-state index < -0.39 is 0 Å². The smallest absolute Gasteiger partial charge is 0.0540 e. The summed E-state index contributed by atoms with van der Waals surface area (Å²) in [6.07, 6.45) is 7.03. The van der Waals surface area contributed by atoms with Crippen molar-refractivity contribution in [1.82, 2.24) is 9.78 Å². The van der Waals surface area contributed by atoms with Gasteiger partial charge in [0, 0.05) is 24.3 Å². The van der Waals surface area contributed by atoms with Crippen molar-refractivity contribution in [3.63, 3.8) is 0 Å². The van der Waals surface area contributed by atoms with Gasteiger partial charge >= 0.3 is 0 Å². The van der Waals surface area contributed by atoms with Gasteiger partial charge in [0.1, 0.15) is 0 Å². The van der Waals surface area contributed by atoms with Crippen LogP contribution in [0.25, 0.3) is 0 Å². The Balaban J connectivity index is 2.08. The highest BCUT2D eigenvalue weighted by Gasteiger charge is 2.51. The van der Waals surface area contributed by atoms with E-state index in [0.717, 1.165) is 0 Å². The highest BCUT2D eigenvalue weighted by molar-refractivity contribution is 5.30. The van der Waals surface area contributed by atoms with E-state index in [1.807, 2.05) is 17.9 Å². The minimum Gasteiger partial charge on any atom is -0.323 e. The summed E-state index contributed by atoms with van der Waals surface area (Å²) in [5.41, 5.74) is 9.36. The van der Waals surface area contributed by atoms with Crippen molar-refractivity contribution in [3.05, 3.63) is 17.5 Å². The Morgan fingerprint density at radius 2 is 2.31 bits per heavy atom. The van der Waals surface area contributed by atoms with Crippen molar-refractivity contribution in [3.8, 4) is 0 Å². The van der Waals surface area contributed by atoms with Crippen LogP contribution >= 0.6 is 0 Å². The van der Waals surface area contributed by atoms with E-state index >= 15 is 0 Å². The summed E-state index contributed by atoms with van der Waals surface area (Å²) in [7, 11) is 2.01. The molecule has 2 aliphatic rings. The van der Waals surface area contributed by atoms with Gasteiger partial charge in [-0.2, -0.15) is 5.10 Å². The fraction of sp³-hybridized carbons (Fsp3) is 0.700. The standard InChI is InChI=1S/C10H15N3/c1-13-8-2-3-10(4-5-10)9(11)7(8)6-12-13/h6,9H,2-5,11H2,1H3. The average molecular weight is 177 g/mol. The Morgan fingerprint density at radius 3 is 3.00 bits per heavy atom. The molecule has 2 aliphatic carbocycles. The maximum Gasteiger partial charge on any atom is 0.0540 e. The maximum atomic E-state index is 6.25. The number of fused-ring (bicyclic) bond motifs is 1. The predicted molar refractivity (Wildman–Crippen MR) is 50.1 cm³/mol. The molecule has 13 heavy (non-hydrogen) atoms. The topological polar surface area (TPSA) is 43.8 Å². The summed E-state index contributed by atoms with van der Waals surface area (Å²) >= 11 is 0. The summed E-state index contributed by atoms with van der Waals surface area (Å²) in [4.78, 5) is 0. The van der Waals surface area contributed by atoms with E-state index in [-0.39, 0.29) is 6.04 Å². The van der Waals surface area contributed by atoms with Crippen LogP contribution in [0.2, 0.25) is 0 Å². The molecule has 0 aliphatic heterocycles. The zero-order valence-corrected chi connectivity index (χ0v) is 7.95. The summed E-state index contributed by atoms with van der Waals surface area (Å²) in [5.74, 6) is 0. The Hall–Kier alpha value is -0.830. The number of aryl methyl sites for hydroxylation is 1. The van der Waals surface area contributed by atoms with Crippen LogP contribution < -0.4 is 5.73 Å². The molecule has 0 saturated heterocycles. The van der Waals surface area contributed by atoms with Crippen molar-refractivity contribution in [2.75, 3.05) is 0 Å². The van der Waals surface area contributed by atoms with Gasteiger partial charge in [0.15, 0.2) is 0 Å². The second-order valence-electron chi connectivity index (χ2n) is 4.51. The fourth-order valence-electron chi connectivity index (χ4n) is 2.62. The molecule has 70 valence electrons. The lowest BCUT2D eigenvalue weighted by molar-refractivity contribution is 0.349. The number of rotatable bonds is 0. The molecular weight excluding hydrogens is 162 g/mol. The fourth-order valence-corrected chi connectivity index (χ4v) is 2.62. The first-order chi connectivity index (χ1) is 6.23. The zero-order valence-electron chi connectivity index (χ0n) is 7.95. The molecule has 3 rings (SSSR count). The zero-order chi connectivity index (χ0) is 9.05. The lowest BCUT2D eigenvalue weighted by Gasteiger charge is -2.28. The highest BCUT2D eigenvalue weighted by atomic mass is 15.3. The lowest BCUT2D eigenvalue weighted by atomic mass is 9.81. The molecule has 1 heterocycles. The van der Waals surface area contributed by atoms with Crippen molar-refractivity contribution in [2.24, 2.45) is 18.2 Å². The van der Waals surface area contributed by atoms with Crippen LogP contribution in [0.4, 0.5) is 0 Å². The molecule has 1 saturated carbocycles. The maximum absolute atomic E-state index is 6.25. The molecule has 1 aromatic heterocycles. The van der Waals surface area contributed by atoms with E-state index in [0.29, 0.717) is 5.41 Å². The van der Waals surface area contributed by atoms with Crippen LogP contribution in [-0.4, -0.2) is 9.78 Å². The molecule has 3 heteroatoms. The number of aromatic nitrogens is 2. The van der Waals surface area contributed by atoms with Gasteiger partial charge in [-0.05, 0) is 31.1 Å².